The zero-order valence-electron chi connectivity index (χ0n) is 13.4. The van der Waals surface area contributed by atoms with Crippen LogP contribution in [-0.2, 0) is 9.59 Å². The second-order valence-electron chi connectivity index (χ2n) is 6.22. The van der Waals surface area contributed by atoms with Crippen LogP contribution in [0.2, 0.25) is 19.1 Å². The fraction of sp³-hybridized carbons (Fsp3) is 0.500. The maximum absolute atomic E-state index is 13.0. The lowest BCUT2D eigenvalue weighted by Crippen LogP contribution is -2.45. The average molecular weight is 342 g/mol. The summed E-state index contributed by atoms with van der Waals surface area (Å²) in [6.45, 7) is 6.43. The smallest absolute Gasteiger partial charge is 0.224 e. The summed E-state index contributed by atoms with van der Waals surface area (Å²) in [6, 6.07) is 7.48. The van der Waals surface area contributed by atoms with Crippen LogP contribution in [0.25, 0.3) is 0 Å². The summed E-state index contributed by atoms with van der Waals surface area (Å²) in [5.74, 6) is -0.354. The van der Waals surface area contributed by atoms with Gasteiger partial charge >= 0.3 is 0 Å². The fourth-order valence-corrected chi connectivity index (χ4v) is 4.68. The van der Waals surface area contributed by atoms with Gasteiger partial charge in [-0.15, -0.1) is 0 Å². The second kappa shape index (κ2) is 8.48. The van der Waals surface area contributed by atoms with Gasteiger partial charge in [-0.3, -0.25) is 4.79 Å². The molecule has 0 aliphatic heterocycles. The Kier molecular flexibility index (Phi) is 7.29. The maximum atomic E-state index is 13.0. The van der Waals surface area contributed by atoms with Crippen molar-refractivity contribution in [2.45, 2.75) is 32.5 Å². The van der Waals surface area contributed by atoms with Crippen molar-refractivity contribution in [3.05, 3.63) is 30.1 Å². The molecule has 122 valence electrons. The first-order valence-electron chi connectivity index (χ1n) is 7.40. The van der Waals surface area contributed by atoms with Gasteiger partial charge in [0.15, 0.2) is 0 Å². The van der Waals surface area contributed by atoms with Crippen LogP contribution in [-0.4, -0.2) is 32.1 Å². The van der Waals surface area contributed by atoms with E-state index in [0.717, 1.165) is 11.2 Å². The molecule has 1 aromatic rings. The highest BCUT2D eigenvalue weighted by atomic mass is 32.1. The van der Waals surface area contributed by atoms with Crippen molar-refractivity contribution in [1.29, 1.82) is 0 Å². The van der Waals surface area contributed by atoms with Gasteiger partial charge < -0.3 is 10.1 Å². The molecule has 0 heterocycles. The van der Waals surface area contributed by atoms with Gasteiger partial charge in [-0.05, 0) is 25.1 Å². The van der Waals surface area contributed by atoms with E-state index in [1.54, 1.807) is 0 Å². The molecule has 1 aromatic carbocycles. The molecule has 6 heteroatoms. The number of rotatable bonds is 8. The number of nitrogens with one attached hydrogen (secondary N) is 1. The SMILES string of the molecule is CC(=O)C[C@@H](CS)C(=O)NCC[Si](C)(C)c1ccc(F)cc1. The van der Waals surface area contributed by atoms with E-state index in [1.165, 1.54) is 19.1 Å². The number of carbonyl (C=O) groups excluding carboxylic acids is 2. The fourth-order valence-electron chi connectivity index (χ4n) is 2.28. The van der Waals surface area contributed by atoms with E-state index in [0.29, 0.717) is 12.3 Å². The molecule has 0 fully saturated rings. The van der Waals surface area contributed by atoms with Crippen LogP contribution in [0, 0.1) is 11.7 Å². The van der Waals surface area contributed by atoms with Crippen molar-refractivity contribution in [1.82, 2.24) is 5.32 Å². The van der Waals surface area contributed by atoms with Crippen LogP contribution in [0.3, 0.4) is 0 Å². The Labute approximate surface area is 138 Å². The van der Waals surface area contributed by atoms with E-state index in [2.05, 4.69) is 31.0 Å². The zero-order chi connectivity index (χ0) is 16.8. The Balaban J connectivity index is 2.53. The Bertz CT molecular complexity index is 519. The van der Waals surface area contributed by atoms with E-state index in [-0.39, 0.29) is 29.8 Å². The molecular weight excluding hydrogens is 317 g/mol. The van der Waals surface area contributed by atoms with E-state index in [1.807, 2.05) is 12.1 Å². The lowest BCUT2D eigenvalue weighted by Gasteiger charge is -2.23. The molecular formula is C16H24FNO2SSi. The van der Waals surface area contributed by atoms with E-state index < -0.39 is 8.07 Å². The van der Waals surface area contributed by atoms with Gasteiger partial charge in [0.25, 0.3) is 0 Å². The molecule has 1 N–H and O–H groups in total. The lowest BCUT2D eigenvalue weighted by molar-refractivity contribution is -0.128. The predicted molar refractivity (Wildman–Crippen MR) is 94.0 cm³/mol. The quantitative estimate of drug-likeness (QED) is 0.563. The largest absolute Gasteiger partial charge is 0.356 e. The first kappa shape index (κ1) is 18.9. The lowest BCUT2D eigenvalue weighted by atomic mass is 10.0. The van der Waals surface area contributed by atoms with Gasteiger partial charge in [-0.1, -0.05) is 30.4 Å². The van der Waals surface area contributed by atoms with Gasteiger partial charge in [0, 0.05) is 18.7 Å². The van der Waals surface area contributed by atoms with Crippen molar-refractivity contribution in [2.75, 3.05) is 12.3 Å². The molecule has 0 spiro atoms. The first-order chi connectivity index (χ1) is 10.3. The highest BCUT2D eigenvalue weighted by Gasteiger charge is 2.24. The van der Waals surface area contributed by atoms with Crippen LogP contribution in [0.4, 0.5) is 4.39 Å². The van der Waals surface area contributed by atoms with Gasteiger partial charge in [-0.2, -0.15) is 12.6 Å². The van der Waals surface area contributed by atoms with Crippen LogP contribution in [0.5, 0.6) is 0 Å². The van der Waals surface area contributed by atoms with Crippen LogP contribution in [0.1, 0.15) is 13.3 Å². The number of thiol groups is 1. The number of Topliss-reactive ketones (excluding diaryl/α,β-unsaturated/α-hetero) is 1. The minimum Gasteiger partial charge on any atom is -0.356 e. The molecule has 0 saturated carbocycles. The highest BCUT2D eigenvalue weighted by molar-refractivity contribution is 7.80. The molecule has 0 bridgehead atoms. The second-order valence-corrected chi connectivity index (χ2v) is 11.4. The molecule has 3 nitrogen and oxygen atoms in total. The summed E-state index contributed by atoms with van der Waals surface area (Å²) in [5, 5.41) is 4.06. The molecule has 1 amide bonds. The summed E-state index contributed by atoms with van der Waals surface area (Å²) in [6.07, 6.45) is 0.230. The average Bonchev–Trinajstić information content (AvgIpc) is 2.44. The molecule has 0 radical (unpaired) electrons. The van der Waals surface area contributed by atoms with Gasteiger partial charge in [-0.25, -0.2) is 4.39 Å². The van der Waals surface area contributed by atoms with Crippen LogP contribution < -0.4 is 10.5 Å². The summed E-state index contributed by atoms with van der Waals surface area (Å²) < 4.78 is 13.0. The van der Waals surface area contributed by atoms with Crippen molar-refractivity contribution < 1.29 is 14.0 Å². The molecule has 0 saturated heterocycles. The predicted octanol–water partition coefficient (Wildman–Crippen LogP) is 2.38. The molecule has 1 rings (SSSR count). The first-order valence-corrected chi connectivity index (χ1v) is 11.2. The summed E-state index contributed by atoms with van der Waals surface area (Å²) in [7, 11) is -1.71. The van der Waals surface area contributed by atoms with Crippen molar-refractivity contribution in [2.24, 2.45) is 5.92 Å². The third-order valence-electron chi connectivity index (χ3n) is 3.80. The number of halogens is 1. The Hall–Kier alpha value is -1.14. The Morgan fingerprint density at radius 1 is 1.27 bits per heavy atom. The number of ketones is 1. The molecule has 0 aliphatic rings. The van der Waals surface area contributed by atoms with Gasteiger partial charge in [0.05, 0.1) is 14.0 Å². The number of hydrogen-bond donors (Lipinski definition) is 2. The normalized spacial score (nSPS) is 12.8. The molecule has 0 aliphatic carbocycles. The van der Waals surface area contributed by atoms with Crippen LogP contribution >= 0.6 is 12.6 Å². The standard InChI is InChI=1S/C16H24FNO2SSi/c1-12(19)10-13(11-21)16(20)18-8-9-22(2,3)15-6-4-14(17)5-7-15/h4-7,13,21H,8-11H2,1-3H3,(H,18,20)/t13-/m0/s1. The Morgan fingerprint density at radius 2 is 1.86 bits per heavy atom. The highest BCUT2D eigenvalue weighted by Crippen LogP contribution is 2.11. The molecule has 0 unspecified atom stereocenters. The van der Waals surface area contributed by atoms with E-state index in [9.17, 15) is 14.0 Å². The van der Waals surface area contributed by atoms with Crippen molar-refractivity contribution in [3.63, 3.8) is 0 Å². The van der Waals surface area contributed by atoms with Gasteiger partial charge in [0.2, 0.25) is 5.91 Å². The van der Waals surface area contributed by atoms with E-state index in [4.69, 9.17) is 0 Å². The number of hydrogen-bond acceptors (Lipinski definition) is 3. The summed E-state index contributed by atoms with van der Waals surface area (Å²) in [5.41, 5.74) is 0. The molecule has 0 aromatic heterocycles. The maximum Gasteiger partial charge on any atom is 0.224 e. The van der Waals surface area contributed by atoms with Crippen molar-refractivity contribution >= 4 is 37.6 Å². The number of carbonyl (C=O) groups is 2. The van der Waals surface area contributed by atoms with Crippen molar-refractivity contribution in [3.8, 4) is 0 Å². The number of benzene rings is 1. The minimum atomic E-state index is -1.71. The topological polar surface area (TPSA) is 46.2 Å². The molecule has 1 atom stereocenters. The third-order valence-corrected chi connectivity index (χ3v) is 7.64. The number of amides is 1. The zero-order valence-corrected chi connectivity index (χ0v) is 15.3. The summed E-state index contributed by atoms with van der Waals surface area (Å²) >= 11 is 4.14. The Morgan fingerprint density at radius 3 is 2.36 bits per heavy atom. The monoisotopic (exact) mass is 341 g/mol. The minimum absolute atomic E-state index is 0.00443. The van der Waals surface area contributed by atoms with Gasteiger partial charge in [0.1, 0.15) is 11.6 Å². The third kappa shape index (κ3) is 5.92. The summed E-state index contributed by atoms with van der Waals surface area (Å²) in [4.78, 5) is 23.2. The van der Waals surface area contributed by atoms with E-state index >= 15 is 0 Å². The van der Waals surface area contributed by atoms with Crippen LogP contribution in [0.15, 0.2) is 24.3 Å². The molecule has 22 heavy (non-hydrogen) atoms.